The van der Waals surface area contributed by atoms with E-state index in [2.05, 4.69) is 6.58 Å². The highest BCUT2D eigenvalue weighted by molar-refractivity contribution is 5.92. The molecule has 1 rings (SSSR count). The molecule has 0 unspecified atom stereocenters. The largest absolute Gasteiger partial charge is 0.339 e. The van der Waals surface area contributed by atoms with Crippen LogP contribution in [0.25, 0.3) is 0 Å². The van der Waals surface area contributed by atoms with Crippen LogP contribution in [-0.2, 0) is 4.79 Å². The fraction of sp³-hybridized carbons (Fsp3) is 0.667. The minimum atomic E-state index is -2.59. The van der Waals surface area contributed by atoms with Gasteiger partial charge in [0.05, 0.1) is 0 Å². The lowest BCUT2D eigenvalue weighted by Gasteiger charge is -2.31. The Balaban J connectivity index is 2.50. The number of rotatable bonds is 1. The van der Waals surface area contributed by atoms with E-state index in [0.717, 1.165) is 0 Å². The summed E-state index contributed by atoms with van der Waals surface area (Å²) < 4.78 is 25.4. The van der Waals surface area contributed by atoms with Crippen LogP contribution in [0.3, 0.4) is 0 Å². The van der Waals surface area contributed by atoms with E-state index in [1.54, 1.807) is 6.92 Å². The Labute approximate surface area is 76.2 Å². The highest BCUT2D eigenvalue weighted by Crippen LogP contribution is 2.27. The summed E-state index contributed by atoms with van der Waals surface area (Å²) in [5, 5.41) is 0. The van der Waals surface area contributed by atoms with Gasteiger partial charge >= 0.3 is 0 Å². The average Bonchev–Trinajstić information content (AvgIpc) is 2.03. The maximum Gasteiger partial charge on any atom is 0.251 e. The topological polar surface area (TPSA) is 20.3 Å². The van der Waals surface area contributed by atoms with Crippen molar-refractivity contribution in [3.05, 3.63) is 12.2 Å². The van der Waals surface area contributed by atoms with Gasteiger partial charge in [-0.15, -0.1) is 0 Å². The minimum Gasteiger partial charge on any atom is -0.339 e. The van der Waals surface area contributed by atoms with E-state index in [0.29, 0.717) is 5.57 Å². The molecule has 74 valence electrons. The van der Waals surface area contributed by atoms with Gasteiger partial charge in [-0.3, -0.25) is 4.79 Å². The number of hydrogen-bond acceptors (Lipinski definition) is 1. The van der Waals surface area contributed by atoms with Crippen molar-refractivity contribution in [2.75, 3.05) is 13.1 Å². The molecule has 0 aliphatic carbocycles. The fourth-order valence-corrected chi connectivity index (χ4v) is 1.31. The average molecular weight is 189 g/mol. The summed E-state index contributed by atoms with van der Waals surface area (Å²) in [6, 6.07) is 0. The number of carbonyl (C=O) groups excluding carboxylic acids is 1. The molecule has 0 atom stereocenters. The van der Waals surface area contributed by atoms with Crippen LogP contribution in [0.2, 0.25) is 0 Å². The molecule has 0 aromatic carbocycles. The molecule has 0 aromatic heterocycles. The zero-order chi connectivity index (χ0) is 10.1. The first kappa shape index (κ1) is 10.2. The molecule has 1 aliphatic rings. The molecule has 0 bridgehead atoms. The van der Waals surface area contributed by atoms with Crippen LogP contribution in [0.1, 0.15) is 19.8 Å². The molecular formula is C9H13F2NO. The molecule has 1 amide bonds. The molecule has 2 nitrogen and oxygen atoms in total. The van der Waals surface area contributed by atoms with Crippen molar-refractivity contribution in [2.45, 2.75) is 25.7 Å². The van der Waals surface area contributed by atoms with Crippen LogP contribution in [0.4, 0.5) is 8.78 Å². The summed E-state index contributed by atoms with van der Waals surface area (Å²) in [5.41, 5.74) is 0.408. The van der Waals surface area contributed by atoms with E-state index in [1.807, 2.05) is 0 Å². The van der Waals surface area contributed by atoms with E-state index in [9.17, 15) is 13.6 Å². The fourth-order valence-electron chi connectivity index (χ4n) is 1.31. The van der Waals surface area contributed by atoms with Gasteiger partial charge in [0.25, 0.3) is 5.92 Å². The van der Waals surface area contributed by atoms with Crippen molar-refractivity contribution in [1.29, 1.82) is 0 Å². The smallest absolute Gasteiger partial charge is 0.251 e. The Morgan fingerprint density at radius 3 is 2.23 bits per heavy atom. The van der Waals surface area contributed by atoms with E-state index < -0.39 is 5.92 Å². The summed E-state index contributed by atoms with van der Waals surface area (Å²) in [4.78, 5) is 12.7. The number of nitrogens with zero attached hydrogens (tertiary/aromatic N) is 1. The van der Waals surface area contributed by atoms with Crippen molar-refractivity contribution in [3.8, 4) is 0 Å². The van der Waals surface area contributed by atoms with Crippen molar-refractivity contribution < 1.29 is 13.6 Å². The molecule has 0 aromatic rings. The second-order valence-corrected chi connectivity index (χ2v) is 3.43. The normalized spacial score (nSPS) is 21.3. The monoisotopic (exact) mass is 189 g/mol. The maximum absolute atomic E-state index is 12.7. The Kier molecular flexibility index (Phi) is 2.68. The summed E-state index contributed by atoms with van der Waals surface area (Å²) in [7, 11) is 0. The number of piperidine rings is 1. The van der Waals surface area contributed by atoms with Crippen molar-refractivity contribution in [3.63, 3.8) is 0 Å². The van der Waals surface area contributed by atoms with E-state index in [-0.39, 0.29) is 31.8 Å². The third kappa shape index (κ3) is 2.50. The first-order valence-electron chi connectivity index (χ1n) is 4.25. The van der Waals surface area contributed by atoms with Gasteiger partial charge in [-0.1, -0.05) is 6.58 Å². The van der Waals surface area contributed by atoms with Crippen molar-refractivity contribution in [1.82, 2.24) is 4.90 Å². The highest BCUT2D eigenvalue weighted by atomic mass is 19.3. The molecule has 1 fully saturated rings. The zero-order valence-corrected chi connectivity index (χ0v) is 7.65. The van der Waals surface area contributed by atoms with Gasteiger partial charge in [-0.05, 0) is 6.92 Å². The Morgan fingerprint density at radius 1 is 1.38 bits per heavy atom. The van der Waals surface area contributed by atoms with Crippen molar-refractivity contribution in [2.24, 2.45) is 0 Å². The molecular weight excluding hydrogens is 176 g/mol. The van der Waals surface area contributed by atoms with Gasteiger partial charge in [0, 0.05) is 31.5 Å². The second-order valence-electron chi connectivity index (χ2n) is 3.43. The van der Waals surface area contributed by atoms with E-state index >= 15 is 0 Å². The number of alkyl halides is 2. The Morgan fingerprint density at radius 2 is 1.85 bits per heavy atom. The molecule has 0 N–H and O–H groups in total. The molecule has 0 radical (unpaired) electrons. The predicted molar refractivity (Wildman–Crippen MR) is 45.6 cm³/mol. The lowest BCUT2D eigenvalue weighted by Crippen LogP contribution is -2.42. The highest BCUT2D eigenvalue weighted by Gasteiger charge is 2.35. The summed E-state index contributed by atoms with van der Waals surface area (Å²) in [6.07, 6.45) is -0.460. The standard InChI is InChI=1S/C9H13F2NO/c1-7(2)8(13)12-5-3-9(10,11)4-6-12/h1,3-6H2,2H3. The first-order chi connectivity index (χ1) is 5.92. The molecule has 0 spiro atoms. The molecule has 0 saturated carbocycles. The van der Waals surface area contributed by atoms with Gasteiger partial charge < -0.3 is 4.90 Å². The molecule has 4 heteroatoms. The van der Waals surface area contributed by atoms with Crippen LogP contribution >= 0.6 is 0 Å². The molecule has 1 aliphatic heterocycles. The zero-order valence-electron chi connectivity index (χ0n) is 7.65. The third-order valence-corrected chi connectivity index (χ3v) is 2.15. The van der Waals surface area contributed by atoms with E-state index in [1.165, 1.54) is 4.90 Å². The predicted octanol–water partition coefficient (Wildman–Crippen LogP) is 1.82. The van der Waals surface area contributed by atoms with Gasteiger partial charge in [-0.2, -0.15) is 0 Å². The quantitative estimate of drug-likeness (QED) is 0.576. The Bertz CT molecular complexity index is 228. The van der Waals surface area contributed by atoms with Crippen LogP contribution in [0, 0.1) is 0 Å². The van der Waals surface area contributed by atoms with E-state index in [4.69, 9.17) is 0 Å². The SMILES string of the molecule is C=C(C)C(=O)N1CCC(F)(F)CC1. The lowest BCUT2D eigenvalue weighted by molar-refractivity contribution is -0.133. The van der Waals surface area contributed by atoms with Crippen LogP contribution in [0.5, 0.6) is 0 Å². The summed E-state index contributed by atoms with van der Waals surface area (Å²) >= 11 is 0. The first-order valence-corrected chi connectivity index (χ1v) is 4.25. The number of hydrogen-bond donors (Lipinski definition) is 0. The number of likely N-dealkylation sites (tertiary alicyclic amines) is 1. The van der Waals surface area contributed by atoms with Crippen LogP contribution in [0.15, 0.2) is 12.2 Å². The number of carbonyl (C=O) groups is 1. The van der Waals surface area contributed by atoms with Gasteiger partial charge in [-0.25, -0.2) is 8.78 Å². The maximum atomic E-state index is 12.7. The van der Waals surface area contributed by atoms with Crippen LogP contribution < -0.4 is 0 Å². The van der Waals surface area contributed by atoms with Gasteiger partial charge in [0.1, 0.15) is 0 Å². The molecule has 1 saturated heterocycles. The van der Waals surface area contributed by atoms with Gasteiger partial charge in [0.15, 0.2) is 0 Å². The summed E-state index contributed by atoms with van der Waals surface area (Å²) in [6.45, 7) is 5.36. The lowest BCUT2D eigenvalue weighted by atomic mass is 10.1. The van der Waals surface area contributed by atoms with Crippen molar-refractivity contribution >= 4 is 5.91 Å². The second kappa shape index (κ2) is 3.44. The number of halogens is 2. The van der Waals surface area contributed by atoms with Gasteiger partial charge in [0.2, 0.25) is 5.91 Å². The number of amides is 1. The van der Waals surface area contributed by atoms with Crippen LogP contribution in [-0.4, -0.2) is 29.8 Å². The molecule has 1 heterocycles. The molecule has 13 heavy (non-hydrogen) atoms. The Hall–Kier alpha value is -0.930. The third-order valence-electron chi connectivity index (χ3n) is 2.15. The summed E-state index contributed by atoms with van der Waals surface area (Å²) in [5.74, 6) is -2.80. The minimum absolute atomic E-state index is 0.138.